The fourth-order valence-corrected chi connectivity index (χ4v) is 3.17. The summed E-state index contributed by atoms with van der Waals surface area (Å²) in [6, 6.07) is 6.36. The van der Waals surface area contributed by atoms with Crippen LogP contribution in [0.15, 0.2) is 36.5 Å². The Balaban J connectivity index is 2.24. The lowest BCUT2D eigenvalue weighted by atomic mass is 9.88. The quantitative estimate of drug-likeness (QED) is 0.548. The van der Waals surface area contributed by atoms with Gasteiger partial charge >= 0.3 is 12.0 Å². The van der Waals surface area contributed by atoms with Gasteiger partial charge in [-0.2, -0.15) is 11.8 Å². The maximum atomic E-state index is 12.6. The highest BCUT2D eigenvalue weighted by Crippen LogP contribution is 2.35. The van der Waals surface area contributed by atoms with Gasteiger partial charge in [0.15, 0.2) is 0 Å². The summed E-state index contributed by atoms with van der Waals surface area (Å²) < 4.78 is 11.0. The summed E-state index contributed by atoms with van der Waals surface area (Å²) in [5.74, 6) is 1.21. The van der Waals surface area contributed by atoms with Crippen molar-refractivity contribution in [1.82, 2.24) is 10.6 Å². The molecule has 1 aromatic rings. The normalized spacial score (nSPS) is 19.8. The van der Waals surface area contributed by atoms with Crippen molar-refractivity contribution in [2.75, 3.05) is 24.7 Å². The standard InChI is InChI=1S/C18H24N2O4S/c1-4-23-14-9-7-6-8-13(14)16-15(12(3)19-18(22)20-16)17(21)24-10-11-25-5-2/h6-9,15-16H,3-5,10-11H2,1-2H3,(H2,19,20,22)/t15-,16+/m0/s1. The van der Waals surface area contributed by atoms with Gasteiger partial charge in [-0.3, -0.25) is 4.79 Å². The molecule has 7 heteroatoms. The van der Waals surface area contributed by atoms with E-state index in [1.54, 1.807) is 11.8 Å². The highest BCUT2D eigenvalue weighted by Gasteiger charge is 2.40. The molecular formula is C18H24N2O4S. The molecule has 1 aromatic carbocycles. The van der Waals surface area contributed by atoms with E-state index < -0.39 is 24.0 Å². The van der Waals surface area contributed by atoms with Crippen LogP contribution in [0.3, 0.4) is 0 Å². The molecule has 136 valence electrons. The van der Waals surface area contributed by atoms with Crippen molar-refractivity contribution < 1.29 is 19.1 Å². The Morgan fingerprint density at radius 3 is 2.80 bits per heavy atom. The first-order valence-electron chi connectivity index (χ1n) is 8.30. The molecule has 0 aliphatic carbocycles. The average molecular weight is 364 g/mol. The second kappa shape index (κ2) is 9.36. The van der Waals surface area contributed by atoms with E-state index >= 15 is 0 Å². The van der Waals surface area contributed by atoms with E-state index in [9.17, 15) is 9.59 Å². The van der Waals surface area contributed by atoms with Gasteiger partial charge in [0.1, 0.15) is 18.3 Å². The molecule has 1 aliphatic rings. The van der Waals surface area contributed by atoms with Crippen LogP contribution < -0.4 is 15.4 Å². The highest BCUT2D eigenvalue weighted by atomic mass is 32.2. The lowest BCUT2D eigenvalue weighted by molar-refractivity contribution is -0.147. The second-order valence-electron chi connectivity index (χ2n) is 5.41. The van der Waals surface area contributed by atoms with Crippen LogP contribution in [0.4, 0.5) is 4.79 Å². The lowest BCUT2D eigenvalue weighted by Crippen LogP contribution is -2.51. The van der Waals surface area contributed by atoms with Crippen LogP contribution in [0.2, 0.25) is 0 Å². The molecular weight excluding hydrogens is 340 g/mol. The molecule has 1 aliphatic heterocycles. The number of carbonyl (C=O) groups excluding carboxylic acids is 2. The van der Waals surface area contributed by atoms with Crippen molar-refractivity contribution in [2.45, 2.75) is 19.9 Å². The van der Waals surface area contributed by atoms with Gasteiger partial charge in [0, 0.05) is 17.0 Å². The van der Waals surface area contributed by atoms with Crippen molar-refractivity contribution >= 4 is 23.8 Å². The fraction of sp³-hybridized carbons (Fsp3) is 0.444. The van der Waals surface area contributed by atoms with Gasteiger partial charge in [-0.05, 0) is 18.7 Å². The molecule has 0 saturated carbocycles. The number of rotatable bonds is 8. The van der Waals surface area contributed by atoms with Crippen LogP contribution in [0.25, 0.3) is 0 Å². The molecule has 2 amide bonds. The molecule has 1 heterocycles. The number of hydrogen-bond acceptors (Lipinski definition) is 5. The fourth-order valence-electron chi connectivity index (χ4n) is 2.68. The predicted molar refractivity (Wildman–Crippen MR) is 98.6 cm³/mol. The number of amides is 2. The predicted octanol–water partition coefficient (Wildman–Crippen LogP) is 2.87. The van der Waals surface area contributed by atoms with E-state index in [4.69, 9.17) is 9.47 Å². The number of urea groups is 1. The molecule has 1 saturated heterocycles. The third kappa shape index (κ3) is 4.92. The molecule has 0 unspecified atom stereocenters. The first-order chi connectivity index (χ1) is 12.1. The molecule has 6 nitrogen and oxygen atoms in total. The summed E-state index contributed by atoms with van der Waals surface area (Å²) >= 11 is 1.70. The van der Waals surface area contributed by atoms with Gasteiger partial charge in [-0.25, -0.2) is 4.79 Å². The average Bonchev–Trinajstić information content (AvgIpc) is 2.58. The van der Waals surface area contributed by atoms with Crippen molar-refractivity contribution in [1.29, 1.82) is 0 Å². The maximum absolute atomic E-state index is 12.6. The van der Waals surface area contributed by atoms with Crippen molar-refractivity contribution in [3.8, 4) is 5.75 Å². The van der Waals surface area contributed by atoms with Crippen LogP contribution >= 0.6 is 11.8 Å². The first-order valence-corrected chi connectivity index (χ1v) is 9.46. The van der Waals surface area contributed by atoms with E-state index in [1.165, 1.54) is 0 Å². The molecule has 2 N–H and O–H groups in total. The maximum Gasteiger partial charge on any atom is 0.319 e. The zero-order chi connectivity index (χ0) is 18.2. The van der Waals surface area contributed by atoms with Gasteiger partial charge in [0.05, 0.1) is 12.6 Å². The molecule has 0 bridgehead atoms. The van der Waals surface area contributed by atoms with E-state index in [-0.39, 0.29) is 0 Å². The summed E-state index contributed by atoms with van der Waals surface area (Å²) in [6.07, 6.45) is 0. The third-order valence-corrected chi connectivity index (χ3v) is 4.62. The van der Waals surface area contributed by atoms with Crippen LogP contribution in [0.1, 0.15) is 25.5 Å². The molecule has 25 heavy (non-hydrogen) atoms. The number of benzene rings is 1. The Bertz CT molecular complexity index is 635. The minimum Gasteiger partial charge on any atom is -0.494 e. The van der Waals surface area contributed by atoms with Crippen LogP contribution in [-0.2, 0) is 9.53 Å². The number of esters is 1. The largest absolute Gasteiger partial charge is 0.494 e. The zero-order valence-electron chi connectivity index (χ0n) is 14.5. The van der Waals surface area contributed by atoms with E-state index in [2.05, 4.69) is 24.1 Å². The third-order valence-electron chi connectivity index (χ3n) is 3.75. The molecule has 0 aromatic heterocycles. The monoisotopic (exact) mass is 364 g/mol. The first kappa shape index (κ1) is 19.2. The van der Waals surface area contributed by atoms with Crippen LogP contribution in [0.5, 0.6) is 5.75 Å². The molecule has 1 fully saturated rings. The van der Waals surface area contributed by atoms with Gasteiger partial charge in [0.25, 0.3) is 0 Å². The minimum atomic E-state index is -0.717. The molecule has 2 atom stereocenters. The van der Waals surface area contributed by atoms with E-state index in [0.29, 0.717) is 24.7 Å². The Hall–Kier alpha value is -2.15. The zero-order valence-corrected chi connectivity index (χ0v) is 15.4. The van der Waals surface area contributed by atoms with E-state index in [0.717, 1.165) is 17.1 Å². The van der Waals surface area contributed by atoms with Crippen LogP contribution in [0, 0.1) is 5.92 Å². The number of carbonyl (C=O) groups is 2. The topological polar surface area (TPSA) is 76.7 Å². The highest BCUT2D eigenvalue weighted by molar-refractivity contribution is 7.99. The summed E-state index contributed by atoms with van der Waals surface area (Å²) in [5, 5.41) is 5.37. The Kier molecular flexibility index (Phi) is 7.18. The van der Waals surface area contributed by atoms with Gasteiger partial charge in [-0.15, -0.1) is 0 Å². The number of ether oxygens (including phenoxy) is 2. The van der Waals surface area contributed by atoms with Gasteiger partial charge < -0.3 is 20.1 Å². The second-order valence-corrected chi connectivity index (χ2v) is 6.81. The summed E-state index contributed by atoms with van der Waals surface area (Å²) in [4.78, 5) is 24.5. The minimum absolute atomic E-state index is 0.327. The molecule has 2 rings (SSSR count). The number of hydrogen-bond donors (Lipinski definition) is 2. The summed E-state index contributed by atoms with van der Waals surface area (Å²) in [7, 11) is 0. The summed E-state index contributed by atoms with van der Waals surface area (Å²) in [5.41, 5.74) is 1.05. The summed E-state index contributed by atoms with van der Waals surface area (Å²) in [6.45, 7) is 8.59. The Morgan fingerprint density at radius 1 is 1.32 bits per heavy atom. The van der Waals surface area contributed by atoms with E-state index in [1.807, 2.05) is 31.2 Å². The smallest absolute Gasteiger partial charge is 0.319 e. The number of nitrogens with one attached hydrogen (secondary N) is 2. The Morgan fingerprint density at radius 2 is 2.08 bits per heavy atom. The van der Waals surface area contributed by atoms with Gasteiger partial charge in [-0.1, -0.05) is 31.7 Å². The van der Waals surface area contributed by atoms with Crippen molar-refractivity contribution in [2.24, 2.45) is 5.92 Å². The van der Waals surface area contributed by atoms with Crippen LogP contribution in [-0.4, -0.2) is 36.7 Å². The van der Waals surface area contributed by atoms with Crippen molar-refractivity contribution in [3.63, 3.8) is 0 Å². The lowest BCUT2D eigenvalue weighted by Gasteiger charge is -2.34. The molecule has 0 radical (unpaired) electrons. The number of para-hydroxylation sites is 1. The number of thioether (sulfide) groups is 1. The Labute approximate surface area is 152 Å². The molecule has 0 spiro atoms. The van der Waals surface area contributed by atoms with Gasteiger partial charge in [0.2, 0.25) is 0 Å². The SMILES string of the molecule is C=C1NC(=O)N[C@H](c2ccccc2OCC)[C@H]1C(=O)OCCSCC. The van der Waals surface area contributed by atoms with Crippen molar-refractivity contribution in [3.05, 3.63) is 42.1 Å².